The topological polar surface area (TPSA) is 143 Å². The van der Waals surface area contributed by atoms with Crippen molar-refractivity contribution < 1.29 is 14.9 Å². The first-order valence-electron chi connectivity index (χ1n) is 7.84. The molecule has 24 heavy (non-hydrogen) atoms. The van der Waals surface area contributed by atoms with Gasteiger partial charge in [0, 0.05) is 5.92 Å². The molecule has 4 atom stereocenters. The average molecular weight is 354 g/mol. The lowest BCUT2D eigenvalue weighted by Crippen LogP contribution is -2.32. The molecule has 0 radical (unpaired) electrons. The molecule has 0 spiro atoms. The van der Waals surface area contributed by atoms with Crippen LogP contribution in [0.2, 0.25) is 0 Å². The number of nitrogen functional groups attached to an aromatic ring is 1. The summed E-state index contributed by atoms with van der Waals surface area (Å²) < 4.78 is 7.26. The van der Waals surface area contributed by atoms with Gasteiger partial charge in [0.05, 0.1) is 18.8 Å². The van der Waals surface area contributed by atoms with Crippen LogP contribution in [-0.2, 0) is 4.74 Å². The van der Waals surface area contributed by atoms with Crippen molar-refractivity contribution in [1.29, 1.82) is 0 Å². The number of nitrogens with one attached hydrogen (secondary N) is 1. The van der Waals surface area contributed by atoms with E-state index in [0.29, 0.717) is 6.42 Å². The maximum absolute atomic E-state index is 12.5. The molecule has 1 saturated heterocycles. The van der Waals surface area contributed by atoms with Gasteiger partial charge in [-0.05, 0) is 25.2 Å². The SMILES string of the molecule is Nc1nc2c(sc(=O)n2C2OC(CO)CC2C(O)C2CC2)c(=O)[nH]1. The van der Waals surface area contributed by atoms with Crippen LogP contribution in [0.4, 0.5) is 5.95 Å². The maximum Gasteiger partial charge on any atom is 0.311 e. The largest absolute Gasteiger partial charge is 0.394 e. The zero-order valence-corrected chi connectivity index (χ0v) is 13.5. The summed E-state index contributed by atoms with van der Waals surface area (Å²) in [5.74, 6) is -0.233. The predicted molar refractivity (Wildman–Crippen MR) is 86.7 cm³/mol. The molecule has 5 N–H and O–H groups in total. The summed E-state index contributed by atoms with van der Waals surface area (Å²) in [7, 11) is 0. The first kappa shape index (κ1) is 15.8. The molecule has 2 fully saturated rings. The van der Waals surface area contributed by atoms with E-state index in [1.54, 1.807) is 0 Å². The van der Waals surface area contributed by atoms with Gasteiger partial charge in [-0.3, -0.25) is 19.1 Å². The van der Waals surface area contributed by atoms with Crippen molar-refractivity contribution >= 4 is 27.6 Å². The molecule has 130 valence electrons. The zero-order chi connectivity index (χ0) is 17.0. The van der Waals surface area contributed by atoms with Gasteiger partial charge in [-0.15, -0.1) is 0 Å². The second kappa shape index (κ2) is 5.66. The number of H-pyrrole nitrogens is 1. The van der Waals surface area contributed by atoms with E-state index in [9.17, 15) is 19.8 Å². The van der Waals surface area contributed by atoms with Crippen LogP contribution < -0.4 is 16.2 Å². The fraction of sp³-hybridized carbons (Fsp3) is 0.643. The third-order valence-corrected chi connectivity index (χ3v) is 5.67. The van der Waals surface area contributed by atoms with Crippen LogP contribution in [-0.4, -0.2) is 43.6 Å². The van der Waals surface area contributed by atoms with Gasteiger partial charge in [-0.1, -0.05) is 11.3 Å². The summed E-state index contributed by atoms with van der Waals surface area (Å²) in [4.78, 5) is 30.5. The standard InChI is InChI=1S/C14H18N4O5S/c15-13-16-10-9(11(21)17-13)24-14(22)18(10)12-7(3-6(4-19)23-12)8(20)5-1-2-5/h5-8,12,19-20H,1-4H2,(H3,15,16,17,21). The van der Waals surface area contributed by atoms with Crippen molar-refractivity contribution in [1.82, 2.24) is 14.5 Å². The van der Waals surface area contributed by atoms with E-state index in [-0.39, 0.29) is 34.7 Å². The van der Waals surface area contributed by atoms with E-state index in [1.807, 2.05) is 0 Å². The minimum absolute atomic E-state index is 0.0879. The monoisotopic (exact) mass is 354 g/mol. The Hall–Kier alpha value is -1.75. The minimum Gasteiger partial charge on any atom is -0.394 e. The van der Waals surface area contributed by atoms with E-state index in [2.05, 4.69) is 9.97 Å². The van der Waals surface area contributed by atoms with E-state index in [4.69, 9.17) is 10.5 Å². The number of nitrogens with zero attached hydrogens (tertiary/aromatic N) is 2. The molecule has 9 nitrogen and oxygen atoms in total. The molecule has 2 aliphatic rings. The Morgan fingerprint density at radius 1 is 1.46 bits per heavy atom. The lowest BCUT2D eigenvalue weighted by atomic mass is 9.93. The zero-order valence-electron chi connectivity index (χ0n) is 12.7. The highest BCUT2D eigenvalue weighted by atomic mass is 32.1. The normalized spacial score (nSPS) is 28.5. The summed E-state index contributed by atoms with van der Waals surface area (Å²) >= 11 is 0.769. The van der Waals surface area contributed by atoms with Gasteiger partial charge in [-0.25, -0.2) is 0 Å². The van der Waals surface area contributed by atoms with Gasteiger partial charge in [-0.2, -0.15) is 4.98 Å². The molecule has 10 heteroatoms. The number of aliphatic hydroxyl groups excluding tert-OH is 2. The molecule has 1 saturated carbocycles. The van der Waals surface area contributed by atoms with Crippen LogP contribution in [0.3, 0.4) is 0 Å². The Kier molecular flexibility index (Phi) is 3.71. The lowest BCUT2D eigenvalue weighted by Gasteiger charge is -2.24. The second-order valence-corrected chi connectivity index (χ2v) is 7.36. The van der Waals surface area contributed by atoms with Crippen molar-refractivity contribution in [3.05, 3.63) is 20.0 Å². The van der Waals surface area contributed by atoms with Gasteiger partial charge in [0.25, 0.3) is 5.56 Å². The third kappa shape index (κ3) is 2.46. The van der Waals surface area contributed by atoms with Crippen molar-refractivity contribution in [3.8, 4) is 0 Å². The van der Waals surface area contributed by atoms with E-state index in [0.717, 1.165) is 24.2 Å². The molecule has 0 aromatic carbocycles. The number of thiazole rings is 1. The first-order valence-corrected chi connectivity index (χ1v) is 8.66. The highest BCUT2D eigenvalue weighted by Gasteiger charge is 2.46. The van der Waals surface area contributed by atoms with E-state index in [1.165, 1.54) is 4.57 Å². The summed E-state index contributed by atoms with van der Waals surface area (Å²) in [5.41, 5.74) is 5.28. The van der Waals surface area contributed by atoms with Crippen molar-refractivity contribution in [2.45, 2.75) is 37.7 Å². The molecule has 0 amide bonds. The molecule has 4 unspecified atom stereocenters. The molecule has 1 aliphatic heterocycles. The van der Waals surface area contributed by atoms with Crippen LogP contribution in [0.5, 0.6) is 0 Å². The van der Waals surface area contributed by atoms with Crippen LogP contribution in [0.1, 0.15) is 25.5 Å². The fourth-order valence-electron chi connectivity index (χ4n) is 3.41. The van der Waals surface area contributed by atoms with Crippen molar-refractivity contribution in [2.75, 3.05) is 12.3 Å². The minimum atomic E-state index is -0.771. The molecule has 0 bridgehead atoms. The number of ether oxygens (including phenoxy) is 1. The van der Waals surface area contributed by atoms with Gasteiger partial charge in [0.1, 0.15) is 10.9 Å². The highest BCUT2D eigenvalue weighted by molar-refractivity contribution is 7.16. The number of nitrogens with two attached hydrogens (primary N) is 1. The Labute approximate surface area is 139 Å². The molecule has 2 aromatic heterocycles. The molecular weight excluding hydrogens is 336 g/mol. The number of anilines is 1. The number of hydrogen-bond acceptors (Lipinski definition) is 8. The third-order valence-electron chi connectivity index (χ3n) is 4.73. The number of rotatable bonds is 4. The Morgan fingerprint density at radius 2 is 2.21 bits per heavy atom. The summed E-state index contributed by atoms with van der Waals surface area (Å²) in [6.45, 7) is -0.197. The fourth-order valence-corrected chi connectivity index (χ4v) is 4.25. The van der Waals surface area contributed by atoms with Gasteiger partial charge < -0.3 is 20.7 Å². The average Bonchev–Trinajstić information content (AvgIpc) is 3.22. The smallest absolute Gasteiger partial charge is 0.311 e. The van der Waals surface area contributed by atoms with Gasteiger partial charge >= 0.3 is 4.87 Å². The lowest BCUT2D eigenvalue weighted by molar-refractivity contribution is -0.0523. The summed E-state index contributed by atoms with van der Waals surface area (Å²) in [6.07, 6.45) is 0.479. The predicted octanol–water partition coefficient (Wildman–Crippen LogP) is -0.605. The number of aromatic amines is 1. The number of aliphatic hydroxyl groups is 2. The maximum atomic E-state index is 12.5. The van der Waals surface area contributed by atoms with Crippen LogP contribution in [0.15, 0.2) is 9.59 Å². The van der Waals surface area contributed by atoms with Crippen LogP contribution in [0, 0.1) is 11.8 Å². The number of fused-ring (bicyclic) bond motifs is 1. The molecule has 3 heterocycles. The van der Waals surface area contributed by atoms with E-state index < -0.39 is 28.9 Å². The number of hydrogen-bond donors (Lipinski definition) is 4. The summed E-state index contributed by atoms with van der Waals surface area (Å²) in [6, 6.07) is 0. The molecular formula is C14H18N4O5S. The first-order chi connectivity index (χ1) is 11.5. The van der Waals surface area contributed by atoms with Crippen molar-refractivity contribution in [3.63, 3.8) is 0 Å². The van der Waals surface area contributed by atoms with Crippen LogP contribution in [0.25, 0.3) is 10.3 Å². The second-order valence-electron chi connectivity index (χ2n) is 6.40. The summed E-state index contributed by atoms with van der Waals surface area (Å²) in [5, 5.41) is 20.0. The Balaban J connectivity index is 1.83. The van der Waals surface area contributed by atoms with Gasteiger partial charge in [0.2, 0.25) is 5.95 Å². The highest BCUT2D eigenvalue weighted by Crippen LogP contribution is 2.45. The number of aromatic nitrogens is 3. The van der Waals surface area contributed by atoms with E-state index >= 15 is 0 Å². The Bertz CT molecular complexity index is 885. The quantitative estimate of drug-likeness (QED) is 0.574. The molecule has 2 aromatic rings. The molecule has 1 aliphatic carbocycles. The van der Waals surface area contributed by atoms with Crippen molar-refractivity contribution in [2.24, 2.45) is 11.8 Å². The Morgan fingerprint density at radius 3 is 2.88 bits per heavy atom. The molecule has 4 rings (SSSR count). The van der Waals surface area contributed by atoms with Gasteiger partial charge in [0.15, 0.2) is 5.65 Å². The van der Waals surface area contributed by atoms with Crippen LogP contribution >= 0.6 is 11.3 Å².